The minimum Gasteiger partial charge on any atom is -0.328 e. The van der Waals surface area contributed by atoms with Gasteiger partial charge in [0.1, 0.15) is 9.84 Å². The molecule has 0 atom stereocenters. The highest BCUT2D eigenvalue weighted by molar-refractivity contribution is 7.91. The van der Waals surface area contributed by atoms with Gasteiger partial charge in [-0.15, -0.1) is 24.8 Å². The summed E-state index contributed by atoms with van der Waals surface area (Å²) in [5, 5.41) is 0. The van der Waals surface area contributed by atoms with Gasteiger partial charge in [-0.25, -0.2) is 8.42 Å². The molecular formula is C10H22Cl2N2O2S. The van der Waals surface area contributed by atoms with E-state index >= 15 is 0 Å². The van der Waals surface area contributed by atoms with Crippen molar-refractivity contribution in [3.05, 3.63) is 0 Å². The minimum absolute atomic E-state index is 0. The van der Waals surface area contributed by atoms with Gasteiger partial charge in [-0.05, 0) is 38.8 Å². The summed E-state index contributed by atoms with van der Waals surface area (Å²) in [5.74, 6) is 0.750. The van der Waals surface area contributed by atoms with Crippen LogP contribution < -0.4 is 5.73 Å². The third-order valence-corrected chi connectivity index (χ3v) is 5.33. The lowest BCUT2D eigenvalue weighted by Crippen LogP contribution is -2.47. The lowest BCUT2D eigenvalue weighted by molar-refractivity contribution is 0.143. The molecule has 17 heavy (non-hydrogen) atoms. The van der Waals surface area contributed by atoms with Gasteiger partial charge >= 0.3 is 0 Å². The van der Waals surface area contributed by atoms with Crippen LogP contribution in [-0.4, -0.2) is 50.0 Å². The number of piperidine rings is 1. The van der Waals surface area contributed by atoms with E-state index in [1.807, 2.05) is 0 Å². The van der Waals surface area contributed by atoms with E-state index in [1.54, 1.807) is 0 Å². The summed E-state index contributed by atoms with van der Waals surface area (Å²) in [5.41, 5.74) is 5.85. The fraction of sp³-hybridized carbons (Fsp3) is 1.00. The Labute approximate surface area is 116 Å². The van der Waals surface area contributed by atoms with Crippen LogP contribution in [0.15, 0.2) is 0 Å². The van der Waals surface area contributed by atoms with E-state index in [0.29, 0.717) is 23.6 Å². The van der Waals surface area contributed by atoms with Crippen LogP contribution in [0.4, 0.5) is 0 Å². The summed E-state index contributed by atoms with van der Waals surface area (Å²) >= 11 is 0. The fourth-order valence-electron chi connectivity index (χ4n) is 2.53. The minimum atomic E-state index is -2.72. The number of likely N-dealkylation sites (tertiary alicyclic amines) is 1. The first-order chi connectivity index (χ1) is 7.07. The second-order valence-corrected chi connectivity index (χ2v) is 7.06. The molecule has 2 heterocycles. The molecular weight excluding hydrogens is 283 g/mol. The monoisotopic (exact) mass is 304 g/mol. The summed E-state index contributed by atoms with van der Waals surface area (Å²) in [7, 11) is -2.72. The van der Waals surface area contributed by atoms with Gasteiger partial charge in [0.2, 0.25) is 0 Å². The van der Waals surface area contributed by atoms with Crippen molar-refractivity contribution in [2.45, 2.75) is 37.8 Å². The SMILES string of the molecule is Cl.Cl.NC1CCN(C2CCS(=O)(=O)CC2)CC1. The lowest BCUT2D eigenvalue weighted by atomic mass is 10.0. The molecule has 0 bridgehead atoms. The Balaban J connectivity index is 0.00000128. The van der Waals surface area contributed by atoms with Gasteiger partial charge in [0.05, 0.1) is 11.5 Å². The maximum absolute atomic E-state index is 11.3. The summed E-state index contributed by atoms with van der Waals surface area (Å²) < 4.78 is 22.6. The number of halogens is 2. The Morgan fingerprint density at radius 3 is 1.88 bits per heavy atom. The Morgan fingerprint density at radius 2 is 1.41 bits per heavy atom. The van der Waals surface area contributed by atoms with Gasteiger partial charge in [0.15, 0.2) is 0 Å². The summed E-state index contributed by atoms with van der Waals surface area (Å²) in [6.45, 7) is 2.10. The summed E-state index contributed by atoms with van der Waals surface area (Å²) in [6.07, 6.45) is 3.75. The van der Waals surface area contributed by atoms with Crippen molar-refractivity contribution in [3.8, 4) is 0 Å². The third kappa shape index (κ3) is 4.91. The standard InChI is InChI=1S/C10H20N2O2S.2ClH/c11-9-1-5-12(6-2-9)10-3-7-15(13,14)8-4-10;;/h9-10H,1-8,11H2;2*1H. The smallest absolute Gasteiger partial charge is 0.150 e. The van der Waals surface area contributed by atoms with Crippen molar-refractivity contribution in [3.63, 3.8) is 0 Å². The third-order valence-electron chi connectivity index (χ3n) is 3.61. The van der Waals surface area contributed by atoms with Crippen LogP contribution in [0.2, 0.25) is 0 Å². The van der Waals surface area contributed by atoms with Crippen LogP contribution in [0.1, 0.15) is 25.7 Å². The number of nitrogens with zero attached hydrogens (tertiary/aromatic N) is 1. The van der Waals surface area contributed by atoms with Crippen LogP contribution in [0.5, 0.6) is 0 Å². The van der Waals surface area contributed by atoms with Gasteiger partial charge in [-0.3, -0.25) is 0 Å². The molecule has 2 aliphatic rings. The van der Waals surface area contributed by atoms with E-state index in [2.05, 4.69) is 4.90 Å². The molecule has 0 amide bonds. The van der Waals surface area contributed by atoms with E-state index in [-0.39, 0.29) is 24.8 Å². The van der Waals surface area contributed by atoms with E-state index in [9.17, 15) is 8.42 Å². The number of sulfone groups is 1. The molecule has 2 rings (SSSR count). The Hall–Kier alpha value is 0.450. The van der Waals surface area contributed by atoms with Crippen molar-refractivity contribution < 1.29 is 8.42 Å². The molecule has 0 aromatic rings. The van der Waals surface area contributed by atoms with Gasteiger partial charge in [-0.1, -0.05) is 0 Å². The Bertz CT molecular complexity index is 302. The van der Waals surface area contributed by atoms with Gasteiger partial charge < -0.3 is 10.6 Å². The van der Waals surface area contributed by atoms with Crippen molar-refractivity contribution in [2.75, 3.05) is 24.6 Å². The lowest BCUT2D eigenvalue weighted by Gasteiger charge is -2.38. The molecule has 2 fully saturated rings. The Kier molecular flexibility index (Phi) is 7.33. The van der Waals surface area contributed by atoms with Crippen molar-refractivity contribution >= 4 is 34.7 Å². The molecule has 0 saturated carbocycles. The summed E-state index contributed by atoms with van der Waals surface area (Å²) in [4.78, 5) is 2.43. The molecule has 2 N–H and O–H groups in total. The molecule has 0 radical (unpaired) electrons. The second-order valence-electron chi connectivity index (χ2n) is 4.76. The summed E-state index contributed by atoms with van der Waals surface area (Å²) in [6, 6.07) is 0.842. The predicted octanol–water partition coefficient (Wildman–Crippen LogP) is 0.830. The molecule has 0 aliphatic carbocycles. The first-order valence-electron chi connectivity index (χ1n) is 5.77. The number of hydrogen-bond donors (Lipinski definition) is 1. The topological polar surface area (TPSA) is 63.4 Å². The van der Waals surface area contributed by atoms with Gasteiger partial charge in [0, 0.05) is 12.1 Å². The molecule has 0 aromatic heterocycles. The van der Waals surface area contributed by atoms with Crippen molar-refractivity contribution in [1.29, 1.82) is 0 Å². The first kappa shape index (κ1) is 17.4. The molecule has 2 saturated heterocycles. The maximum atomic E-state index is 11.3. The molecule has 104 valence electrons. The fourth-order valence-corrected chi connectivity index (χ4v) is 3.99. The van der Waals surface area contributed by atoms with Crippen LogP contribution in [0.25, 0.3) is 0 Å². The maximum Gasteiger partial charge on any atom is 0.150 e. The van der Waals surface area contributed by atoms with E-state index in [4.69, 9.17) is 5.73 Å². The van der Waals surface area contributed by atoms with Crippen LogP contribution in [0.3, 0.4) is 0 Å². The normalized spacial score (nSPS) is 26.9. The van der Waals surface area contributed by atoms with Crippen LogP contribution in [-0.2, 0) is 9.84 Å². The molecule has 0 unspecified atom stereocenters. The zero-order chi connectivity index (χ0) is 10.9. The molecule has 4 nitrogen and oxygen atoms in total. The van der Waals surface area contributed by atoms with E-state index in [0.717, 1.165) is 38.8 Å². The molecule has 7 heteroatoms. The van der Waals surface area contributed by atoms with Gasteiger partial charge in [-0.2, -0.15) is 0 Å². The average Bonchev–Trinajstić information content (AvgIpc) is 2.20. The molecule has 2 aliphatic heterocycles. The van der Waals surface area contributed by atoms with Crippen molar-refractivity contribution in [2.24, 2.45) is 5.73 Å². The average molecular weight is 305 g/mol. The number of rotatable bonds is 1. The van der Waals surface area contributed by atoms with E-state index in [1.165, 1.54) is 0 Å². The quantitative estimate of drug-likeness (QED) is 0.779. The van der Waals surface area contributed by atoms with Gasteiger partial charge in [0.25, 0.3) is 0 Å². The highest BCUT2D eigenvalue weighted by atomic mass is 35.5. The van der Waals surface area contributed by atoms with Crippen LogP contribution in [0, 0.1) is 0 Å². The highest BCUT2D eigenvalue weighted by Crippen LogP contribution is 2.21. The zero-order valence-electron chi connectivity index (χ0n) is 9.88. The van der Waals surface area contributed by atoms with E-state index < -0.39 is 9.84 Å². The highest BCUT2D eigenvalue weighted by Gasteiger charge is 2.29. The number of nitrogens with two attached hydrogens (primary N) is 1. The predicted molar refractivity (Wildman–Crippen MR) is 75.0 cm³/mol. The van der Waals surface area contributed by atoms with Crippen molar-refractivity contribution in [1.82, 2.24) is 4.90 Å². The number of hydrogen-bond acceptors (Lipinski definition) is 4. The molecule has 0 spiro atoms. The zero-order valence-corrected chi connectivity index (χ0v) is 12.3. The Morgan fingerprint density at radius 1 is 0.941 bits per heavy atom. The first-order valence-corrected chi connectivity index (χ1v) is 7.59. The van der Waals surface area contributed by atoms with Crippen LogP contribution >= 0.6 is 24.8 Å². The second kappa shape index (κ2) is 7.14. The largest absolute Gasteiger partial charge is 0.328 e. The molecule has 0 aromatic carbocycles.